The molecule has 0 aliphatic rings. The third-order valence-electron chi connectivity index (χ3n) is 2.74. The van der Waals surface area contributed by atoms with Crippen LogP contribution in [0.1, 0.15) is 12.0 Å². The molecule has 0 aliphatic carbocycles. The molecular weight excluding hydrogens is 332 g/mol. The predicted octanol–water partition coefficient (Wildman–Crippen LogP) is 2.44. The van der Waals surface area contributed by atoms with E-state index in [9.17, 15) is 4.79 Å². The molecule has 1 amide bonds. The first-order chi connectivity index (χ1) is 10.1. The second-order valence-electron chi connectivity index (χ2n) is 4.43. The molecule has 114 valence electrons. The molecule has 0 radical (unpaired) electrons. The Hall–Kier alpha value is -1.82. The van der Waals surface area contributed by atoms with Gasteiger partial charge >= 0.3 is 0 Å². The standard InChI is InChI=1S/C15H21BrN4O/c1-4-8-18-15(17-3)19-9-7-14(21)20-13-6-5-12(16)10-11(13)2/h4-6,10H,1,7-9H2,2-3H3,(H,20,21)(H2,17,18,19). The van der Waals surface area contributed by atoms with Gasteiger partial charge in [-0.2, -0.15) is 0 Å². The number of amides is 1. The summed E-state index contributed by atoms with van der Waals surface area (Å²) < 4.78 is 0.997. The van der Waals surface area contributed by atoms with E-state index < -0.39 is 0 Å². The van der Waals surface area contributed by atoms with Crippen molar-refractivity contribution < 1.29 is 4.79 Å². The molecule has 1 aromatic carbocycles. The van der Waals surface area contributed by atoms with E-state index in [2.05, 4.69) is 43.5 Å². The van der Waals surface area contributed by atoms with Gasteiger partial charge in [0.05, 0.1) is 0 Å². The number of hydrogen-bond acceptors (Lipinski definition) is 2. The van der Waals surface area contributed by atoms with Gasteiger partial charge < -0.3 is 16.0 Å². The quantitative estimate of drug-likeness (QED) is 0.418. The van der Waals surface area contributed by atoms with E-state index in [4.69, 9.17) is 0 Å². The van der Waals surface area contributed by atoms with Gasteiger partial charge in [-0.15, -0.1) is 6.58 Å². The Morgan fingerprint density at radius 3 is 2.81 bits per heavy atom. The van der Waals surface area contributed by atoms with Crippen LogP contribution in [-0.2, 0) is 4.79 Å². The third kappa shape index (κ3) is 6.44. The van der Waals surface area contributed by atoms with E-state index in [1.807, 2.05) is 25.1 Å². The highest BCUT2D eigenvalue weighted by atomic mass is 79.9. The fourth-order valence-electron chi connectivity index (χ4n) is 1.66. The van der Waals surface area contributed by atoms with Crippen molar-refractivity contribution in [1.82, 2.24) is 10.6 Å². The Labute approximate surface area is 134 Å². The number of aliphatic imine (C=N–C) groups is 1. The summed E-state index contributed by atoms with van der Waals surface area (Å²) in [6.07, 6.45) is 2.11. The van der Waals surface area contributed by atoms with E-state index in [1.165, 1.54) is 0 Å². The molecule has 0 atom stereocenters. The first-order valence-corrected chi connectivity index (χ1v) is 7.47. The number of guanidine groups is 1. The van der Waals surface area contributed by atoms with Gasteiger partial charge in [-0.25, -0.2) is 0 Å². The van der Waals surface area contributed by atoms with E-state index in [-0.39, 0.29) is 5.91 Å². The minimum Gasteiger partial charge on any atom is -0.356 e. The lowest BCUT2D eigenvalue weighted by Gasteiger charge is -2.11. The predicted molar refractivity (Wildman–Crippen MR) is 91.7 cm³/mol. The van der Waals surface area contributed by atoms with Crippen LogP contribution in [0, 0.1) is 6.92 Å². The Morgan fingerprint density at radius 2 is 2.19 bits per heavy atom. The van der Waals surface area contributed by atoms with Gasteiger partial charge in [-0.3, -0.25) is 9.79 Å². The normalized spacial score (nSPS) is 10.9. The van der Waals surface area contributed by atoms with E-state index >= 15 is 0 Å². The maximum Gasteiger partial charge on any atom is 0.226 e. The molecule has 1 aromatic rings. The minimum atomic E-state index is -0.0351. The summed E-state index contributed by atoms with van der Waals surface area (Å²) in [6, 6.07) is 5.76. The van der Waals surface area contributed by atoms with Crippen LogP contribution >= 0.6 is 15.9 Å². The molecular formula is C15H21BrN4O. The number of anilines is 1. The summed E-state index contributed by atoms with van der Waals surface area (Å²) in [5, 5.41) is 9.01. The van der Waals surface area contributed by atoms with Gasteiger partial charge in [-0.1, -0.05) is 22.0 Å². The summed E-state index contributed by atoms with van der Waals surface area (Å²) >= 11 is 3.40. The van der Waals surface area contributed by atoms with Crippen LogP contribution in [0.4, 0.5) is 5.69 Å². The number of carbonyl (C=O) groups is 1. The highest BCUT2D eigenvalue weighted by molar-refractivity contribution is 9.10. The summed E-state index contributed by atoms with van der Waals surface area (Å²) in [4.78, 5) is 15.9. The molecule has 0 saturated carbocycles. The van der Waals surface area contributed by atoms with Gasteiger partial charge in [0.15, 0.2) is 5.96 Å². The molecule has 0 spiro atoms. The molecule has 0 fully saturated rings. The van der Waals surface area contributed by atoms with Gasteiger partial charge in [0.25, 0.3) is 0 Å². The van der Waals surface area contributed by atoms with Crippen LogP contribution in [0.5, 0.6) is 0 Å². The Kier molecular flexibility index (Phi) is 7.53. The lowest BCUT2D eigenvalue weighted by atomic mass is 10.2. The summed E-state index contributed by atoms with van der Waals surface area (Å²) in [5.74, 6) is 0.620. The number of benzene rings is 1. The van der Waals surface area contributed by atoms with Crippen LogP contribution in [-0.4, -0.2) is 32.0 Å². The van der Waals surface area contributed by atoms with Crippen molar-refractivity contribution in [2.75, 3.05) is 25.5 Å². The second-order valence-corrected chi connectivity index (χ2v) is 5.34. The number of rotatable bonds is 6. The average molecular weight is 353 g/mol. The Bertz CT molecular complexity index is 528. The Balaban J connectivity index is 2.39. The first-order valence-electron chi connectivity index (χ1n) is 6.68. The van der Waals surface area contributed by atoms with Crippen LogP contribution in [0.3, 0.4) is 0 Å². The van der Waals surface area contributed by atoms with Crippen LogP contribution in [0.2, 0.25) is 0 Å². The van der Waals surface area contributed by atoms with E-state index in [0.717, 1.165) is 15.7 Å². The smallest absolute Gasteiger partial charge is 0.226 e. The second kappa shape index (κ2) is 9.18. The van der Waals surface area contributed by atoms with Gasteiger partial charge in [0, 0.05) is 36.7 Å². The zero-order valence-corrected chi connectivity index (χ0v) is 14.0. The zero-order valence-electron chi connectivity index (χ0n) is 12.4. The van der Waals surface area contributed by atoms with Crippen molar-refractivity contribution >= 4 is 33.5 Å². The largest absolute Gasteiger partial charge is 0.356 e. The molecule has 0 saturated heterocycles. The lowest BCUT2D eigenvalue weighted by Crippen LogP contribution is -2.38. The topological polar surface area (TPSA) is 65.5 Å². The number of nitrogens with one attached hydrogen (secondary N) is 3. The minimum absolute atomic E-state index is 0.0351. The van der Waals surface area contributed by atoms with Crippen LogP contribution in [0.15, 0.2) is 40.3 Å². The zero-order chi connectivity index (χ0) is 15.7. The monoisotopic (exact) mass is 352 g/mol. The lowest BCUT2D eigenvalue weighted by molar-refractivity contribution is -0.116. The highest BCUT2D eigenvalue weighted by Crippen LogP contribution is 2.19. The number of aryl methyl sites for hydroxylation is 1. The maximum absolute atomic E-state index is 11.9. The number of nitrogens with zero attached hydrogens (tertiary/aromatic N) is 1. The fraction of sp³-hybridized carbons (Fsp3) is 0.333. The summed E-state index contributed by atoms with van der Waals surface area (Å²) in [6.45, 7) is 6.72. The molecule has 0 bridgehead atoms. The van der Waals surface area contributed by atoms with Gasteiger partial charge in [0.1, 0.15) is 0 Å². The maximum atomic E-state index is 11.9. The molecule has 6 heteroatoms. The average Bonchev–Trinajstić information content (AvgIpc) is 2.45. The van der Waals surface area contributed by atoms with Crippen molar-refractivity contribution in [2.45, 2.75) is 13.3 Å². The first kappa shape index (κ1) is 17.2. The van der Waals surface area contributed by atoms with E-state index in [0.29, 0.717) is 25.5 Å². The molecule has 1 rings (SSSR count). The summed E-state index contributed by atoms with van der Waals surface area (Å²) in [5.41, 5.74) is 1.85. The SMILES string of the molecule is C=CCNC(=NC)NCCC(=O)Nc1ccc(Br)cc1C. The number of hydrogen-bond donors (Lipinski definition) is 3. The molecule has 0 unspecified atom stereocenters. The van der Waals surface area contributed by atoms with Gasteiger partial charge in [0.2, 0.25) is 5.91 Å². The van der Waals surface area contributed by atoms with Crippen molar-refractivity contribution in [3.63, 3.8) is 0 Å². The fourth-order valence-corrected chi connectivity index (χ4v) is 2.14. The van der Waals surface area contributed by atoms with Crippen LogP contribution < -0.4 is 16.0 Å². The number of carbonyl (C=O) groups excluding carboxylic acids is 1. The van der Waals surface area contributed by atoms with E-state index in [1.54, 1.807) is 13.1 Å². The van der Waals surface area contributed by atoms with Crippen molar-refractivity contribution in [3.8, 4) is 0 Å². The third-order valence-corrected chi connectivity index (χ3v) is 3.24. The van der Waals surface area contributed by atoms with Gasteiger partial charge in [-0.05, 0) is 30.7 Å². The highest BCUT2D eigenvalue weighted by Gasteiger charge is 2.05. The molecule has 0 heterocycles. The summed E-state index contributed by atoms with van der Waals surface area (Å²) in [7, 11) is 1.68. The van der Waals surface area contributed by atoms with Crippen molar-refractivity contribution in [1.29, 1.82) is 0 Å². The molecule has 0 aromatic heterocycles. The molecule has 5 nitrogen and oxygen atoms in total. The molecule has 21 heavy (non-hydrogen) atoms. The molecule has 3 N–H and O–H groups in total. The van der Waals surface area contributed by atoms with Crippen molar-refractivity contribution in [2.24, 2.45) is 4.99 Å². The van der Waals surface area contributed by atoms with Crippen LogP contribution in [0.25, 0.3) is 0 Å². The number of halogens is 1. The van der Waals surface area contributed by atoms with Crippen molar-refractivity contribution in [3.05, 3.63) is 40.9 Å². The Morgan fingerprint density at radius 1 is 1.43 bits per heavy atom. The molecule has 0 aliphatic heterocycles.